The van der Waals surface area contributed by atoms with Crippen LogP contribution in [-0.4, -0.2) is 32.5 Å². The van der Waals surface area contributed by atoms with Crippen LogP contribution in [0.1, 0.15) is 18.2 Å². The Balaban J connectivity index is 2.71. The molecule has 0 aromatic carbocycles. The lowest BCUT2D eigenvalue weighted by atomic mass is 10.1. The fourth-order valence-corrected chi connectivity index (χ4v) is 1.14. The number of aliphatic carboxylic acids is 1. The fraction of sp³-hybridized carbons (Fsp3) is 0.429. The van der Waals surface area contributed by atoms with Crippen LogP contribution in [-0.2, 0) is 4.79 Å². The summed E-state index contributed by atoms with van der Waals surface area (Å²) in [5.74, 6) is -1.44. The SMILES string of the molecule is O=C(O)CC(C[N+](=O)[O-])c1ncc[nH]1. The van der Waals surface area contributed by atoms with Gasteiger partial charge in [-0.25, -0.2) is 4.98 Å². The molecular formula is C7H9N3O4. The summed E-state index contributed by atoms with van der Waals surface area (Å²) >= 11 is 0. The zero-order chi connectivity index (χ0) is 10.6. The van der Waals surface area contributed by atoms with Crippen LogP contribution in [0.25, 0.3) is 0 Å². The highest BCUT2D eigenvalue weighted by atomic mass is 16.6. The predicted octanol–water partition coefficient (Wildman–Crippen LogP) is 0.245. The first-order valence-corrected chi connectivity index (χ1v) is 3.92. The number of aromatic nitrogens is 2. The van der Waals surface area contributed by atoms with E-state index >= 15 is 0 Å². The Morgan fingerprint density at radius 3 is 2.93 bits per heavy atom. The van der Waals surface area contributed by atoms with E-state index in [0.717, 1.165) is 0 Å². The number of H-pyrrole nitrogens is 1. The Labute approximate surface area is 78.9 Å². The minimum atomic E-state index is -1.08. The van der Waals surface area contributed by atoms with Gasteiger partial charge >= 0.3 is 5.97 Å². The van der Waals surface area contributed by atoms with Crippen LogP contribution in [0, 0.1) is 10.1 Å². The highest BCUT2D eigenvalue weighted by Crippen LogP contribution is 2.15. The minimum Gasteiger partial charge on any atom is -0.481 e. The molecule has 0 aliphatic heterocycles. The molecule has 0 aliphatic carbocycles. The molecule has 0 fully saturated rings. The number of carboxylic acids is 1. The minimum absolute atomic E-state index is 0.297. The molecular weight excluding hydrogens is 190 g/mol. The molecule has 7 nitrogen and oxygen atoms in total. The standard InChI is InChI=1S/C7H9N3O4/c11-6(12)3-5(4-10(13)14)7-8-1-2-9-7/h1-2,5H,3-4H2,(H,8,9)(H,11,12). The maximum absolute atomic E-state index is 10.4. The van der Waals surface area contributed by atoms with Crippen LogP contribution in [0.5, 0.6) is 0 Å². The van der Waals surface area contributed by atoms with Gasteiger partial charge in [0.1, 0.15) is 5.82 Å². The summed E-state index contributed by atoms with van der Waals surface area (Å²) in [4.78, 5) is 26.6. The third-order valence-electron chi connectivity index (χ3n) is 1.70. The Morgan fingerprint density at radius 2 is 2.50 bits per heavy atom. The molecule has 14 heavy (non-hydrogen) atoms. The van der Waals surface area contributed by atoms with E-state index in [1.807, 2.05) is 0 Å². The molecule has 1 heterocycles. The summed E-state index contributed by atoms with van der Waals surface area (Å²) in [5.41, 5.74) is 0. The molecule has 0 aliphatic rings. The Morgan fingerprint density at radius 1 is 1.79 bits per heavy atom. The van der Waals surface area contributed by atoms with Gasteiger partial charge in [-0.05, 0) is 0 Å². The topological polar surface area (TPSA) is 109 Å². The first kappa shape index (κ1) is 10.2. The van der Waals surface area contributed by atoms with Crippen LogP contribution in [0.4, 0.5) is 0 Å². The molecule has 0 bridgehead atoms. The van der Waals surface area contributed by atoms with E-state index in [9.17, 15) is 14.9 Å². The van der Waals surface area contributed by atoms with Gasteiger partial charge < -0.3 is 10.1 Å². The zero-order valence-electron chi connectivity index (χ0n) is 7.21. The van der Waals surface area contributed by atoms with Gasteiger partial charge in [-0.2, -0.15) is 0 Å². The molecule has 1 rings (SSSR count). The number of hydrogen-bond acceptors (Lipinski definition) is 4. The number of imidazole rings is 1. The van der Waals surface area contributed by atoms with E-state index in [-0.39, 0.29) is 6.42 Å². The predicted molar refractivity (Wildman–Crippen MR) is 45.4 cm³/mol. The maximum Gasteiger partial charge on any atom is 0.304 e. The largest absolute Gasteiger partial charge is 0.481 e. The van der Waals surface area contributed by atoms with Crippen molar-refractivity contribution in [3.63, 3.8) is 0 Å². The molecule has 0 saturated heterocycles. The second-order valence-corrected chi connectivity index (χ2v) is 2.78. The number of aromatic amines is 1. The van der Waals surface area contributed by atoms with Gasteiger partial charge in [0.05, 0.1) is 12.3 Å². The van der Waals surface area contributed by atoms with E-state index in [1.54, 1.807) is 0 Å². The number of carbonyl (C=O) groups is 1. The molecule has 0 radical (unpaired) electrons. The van der Waals surface area contributed by atoms with Gasteiger partial charge in [0.2, 0.25) is 6.54 Å². The quantitative estimate of drug-likeness (QED) is 0.521. The molecule has 0 spiro atoms. The van der Waals surface area contributed by atoms with Crippen LogP contribution in [0.3, 0.4) is 0 Å². The monoisotopic (exact) mass is 199 g/mol. The fourth-order valence-electron chi connectivity index (χ4n) is 1.14. The highest BCUT2D eigenvalue weighted by Gasteiger charge is 2.23. The number of nitrogens with zero attached hydrogens (tertiary/aromatic N) is 2. The number of rotatable bonds is 5. The second kappa shape index (κ2) is 4.35. The van der Waals surface area contributed by atoms with E-state index in [4.69, 9.17) is 5.11 Å². The molecule has 76 valence electrons. The van der Waals surface area contributed by atoms with Crippen molar-refractivity contribution in [2.24, 2.45) is 0 Å². The molecule has 1 aromatic heterocycles. The number of nitrogens with one attached hydrogen (secondary N) is 1. The summed E-state index contributed by atoms with van der Waals surface area (Å²) in [6.45, 7) is -0.431. The van der Waals surface area contributed by atoms with Crippen molar-refractivity contribution in [1.82, 2.24) is 9.97 Å². The van der Waals surface area contributed by atoms with Crippen molar-refractivity contribution in [2.75, 3.05) is 6.54 Å². The number of hydrogen-bond donors (Lipinski definition) is 2. The number of carboxylic acid groups (broad SMARTS) is 1. The summed E-state index contributed by atoms with van der Waals surface area (Å²) in [7, 11) is 0. The van der Waals surface area contributed by atoms with Crippen molar-refractivity contribution in [1.29, 1.82) is 0 Å². The van der Waals surface area contributed by atoms with Crippen LogP contribution < -0.4 is 0 Å². The van der Waals surface area contributed by atoms with Crippen molar-refractivity contribution >= 4 is 5.97 Å². The average Bonchev–Trinajstić information content (AvgIpc) is 2.52. The lowest BCUT2D eigenvalue weighted by molar-refractivity contribution is -0.483. The van der Waals surface area contributed by atoms with E-state index in [2.05, 4.69) is 9.97 Å². The second-order valence-electron chi connectivity index (χ2n) is 2.78. The Kier molecular flexibility index (Phi) is 3.16. The van der Waals surface area contributed by atoms with Crippen LogP contribution >= 0.6 is 0 Å². The summed E-state index contributed by atoms with van der Waals surface area (Å²) < 4.78 is 0. The van der Waals surface area contributed by atoms with E-state index < -0.39 is 23.4 Å². The van der Waals surface area contributed by atoms with Gasteiger partial charge in [-0.1, -0.05) is 0 Å². The molecule has 1 aromatic rings. The lowest BCUT2D eigenvalue weighted by Crippen LogP contribution is -2.17. The van der Waals surface area contributed by atoms with E-state index in [1.165, 1.54) is 12.4 Å². The summed E-state index contributed by atoms with van der Waals surface area (Å²) in [6.07, 6.45) is 2.64. The highest BCUT2D eigenvalue weighted by molar-refractivity contribution is 5.67. The van der Waals surface area contributed by atoms with Gasteiger partial charge in [0, 0.05) is 17.3 Å². The lowest BCUT2D eigenvalue weighted by Gasteiger charge is -2.06. The Bertz CT molecular complexity index is 306. The summed E-state index contributed by atoms with van der Waals surface area (Å²) in [6, 6.07) is 0. The third kappa shape index (κ3) is 2.85. The van der Waals surface area contributed by atoms with Gasteiger partial charge in [-0.3, -0.25) is 14.9 Å². The first-order valence-electron chi connectivity index (χ1n) is 3.92. The van der Waals surface area contributed by atoms with E-state index in [0.29, 0.717) is 5.82 Å². The smallest absolute Gasteiger partial charge is 0.304 e. The molecule has 0 amide bonds. The van der Waals surface area contributed by atoms with Crippen molar-refractivity contribution < 1.29 is 14.8 Å². The molecule has 1 unspecified atom stereocenters. The average molecular weight is 199 g/mol. The normalized spacial score (nSPS) is 12.3. The van der Waals surface area contributed by atoms with Gasteiger partial charge in [0.15, 0.2) is 0 Å². The summed E-state index contributed by atoms with van der Waals surface area (Å²) in [5, 5.41) is 18.8. The van der Waals surface area contributed by atoms with Gasteiger partial charge in [-0.15, -0.1) is 0 Å². The van der Waals surface area contributed by atoms with Gasteiger partial charge in [0.25, 0.3) is 0 Å². The number of nitro groups is 1. The first-order chi connectivity index (χ1) is 6.59. The molecule has 2 N–H and O–H groups in total. The maximum atomic E-state index is 10.4. The third-order valence-corrected chi connectivity index (χ3v) is 1.70. The van der Waals surface area contributed by atoms with Crippen LogP contribution in [0.15, 0.2) is 12.4 Å². The van der Waals surface area contributed by atoms with Crippen molar-refractivity contribution in [2.45, 2.75) is 12.3 Å². The molecule has 7 heteroatoms. The Hall–Kier alpha value is -1.92. The van der Waals surface area contributed by atoms with Crippen molar-refractivity contribution in [3.05, 3.63) is 28.3 Å². The van der Waals surface area contributed by atoms with Crippen LogP contribution in [0.2, 0.25) is 0 Å². The molecule has 0 saturated carbocycles. The molecule has 1 atom stereocenters. The van der Waals surface area contributed by atoms with Crippen molar-refractivity contribution in [3.8, 4) is 0 Å². The zero-order valence-corrected chi connectivity index (χ0v) is 7.21.